The van der Waals surface area contributed by atoms with Gasteiger partial charge in [-0.1, -0.05) is 25.1 Å². The summed E-state index contributed by atoms with van der Waals surface area (Å²) in [5, 5.41) is 2.97. The largest absolute Gasteiger partial charge is 0.481 e. The molecule has 2 unspecified atom stereocenters. The van der Waals surface area contributed by atoms with Crippen molar-refractivity contribution in [1.29, 1.82) is 0 Å². The second-order valence-electron chi connectivity index (χ2n) is 6.82. The molecule has 0 saturated carbocycles. The van der Waals surface area contributed by atoms with Crippen LogP contribution in [0.25, 0.3) is 0 Å². The SMILES string of the molecule is CCC(NC(=O)C(C)Oc1ccc(C)c(C)c1)c1ccc(S(C)(=O)=O)cc1. The predicted molar refractivity (Wildman–Crippen MR) is 107 cm³/mol. The number of ether oxygens (including phenoxy) is 1. The Balaban J connectivity index is 2.06. The van der Waals surface area contributed by atoms with E-state index in [0.29, 0.717) is 12.2 Å². The molecule has 0 fully saturated rings. The van der Waals surface area contributed by atoms with E-state index in [0.717, 1.165) is 11.1 Å². The maximum absolute atomic E-state index is 12.5. The van der Waals surface area contributed by atoms with Crippen LogP contribution in [0.4, 0.5) is 0 Å². The Kier molecular flexibility index (Phi) is 6.65. The van der Waals surface area contributed by atoms with E-state index in [2.05, 4.69) is 5.32 Å². The van der Waals surface area contributed by atoms with Crippen LogP contribution in [0.2, 0.25) is 0 Å². The lowest BCUT2D eigenvalue weighted by atomic mass is 10.0. The van der Waals surface area contributed by atoms with E-state index in [1.165, 1.54) is 11.8 Å². The minimum atomic E-state index is -3.24. The summed E-state index contributed by atoms with van der Waals surface area (Å²) in [6.07, 6.45) is 1.21. The quantitative estimate of drug-likeness (QED) is 0.783. The molecule has 5 nitrogen and oxygen atoms in total. The van der Waals surface area contributed by atoms with Gasteiger partial charge in [-0.15, -0.1) is 0 Å². The highest BCUT2D eigenvalue weighted by Gasteiger charge is 2.20. The van der Waals surface area contributed by atoms with E-state index in [-0.39, 0.29) is 16.8 Å². The van der Waals surface area contributed by atoms with Crippen LogP contribution in [-0.2, 0) is 14.6 Å². The number of sulfone groups is 1. The van der Waals surface area contributed by atoms with Crippen LogP contribution in [-0.4, -0.2) is 26.7 Å². The highest BCUT2D eigenvalue weighted by Crippen LogP contribution is 2.21. The molecule has 0 aliphatic rings. The second kappa shape index (κ2) is 8.57. The fraction of sp³-hybridized carbons (Fsp3) is 0.381. The van der Waals surface area contributed by atoms with Gasteiger partial charge in [0.25, 0.3) is 5.91 Å². The summed E-state index contributed by atoms with van der Waals surface area (Å²) in [6.45, 7) is 7.70. The van der Waals surface area contributed by atoms with E-state index in [4.69, 9.17) is 4.74 Å². The maximum Gasteiger partial charge on any atom is 0.261 e. The summed E-state index contributed by atoms with van der Waals surface area (Å²) in [7, 11) is -3.24. The molecule has 2 aromatic carbocycles. The Labute approximate surface area is 161 Å². The normalized spacial score (nSPS) is 13.7. The highest BCUT2D eigenvalue weighted by molar-refractivity contribution is 7.90. The number of benzene rings is 2. The predicted octanol–water partition coefficient (Wildman–Crippen LogP) is 3.74. The Bertz CT molecular complexity index is 904. The Morgan fingerprint density at radius 3 is 2.22 bits per heavy atom. The zero-order valence-electron chi connectivity index (χ0n) is 16.4. The number of amides is 1. The summed E-state index contributed by atoms with van der Waals surface area (Å²) in [5.74, 6) is 0.443. The Morgan fingerprint density at radius 2 is 1.70 bits per heavy atom. The number of carbonyl (C=O) groups is 1. The van der Waals surface area contributed by atoms with Crippen molar-refractivity contribution in [2.75, 3.05) is 6.26 Å². The van der Waals surface area contributed by atoms with Crippen LogP contribution in [0.5, 0.6) is 5.75 Å². The number of nitrogens with one attached hydrogen (secondary N) is 1. The number of hydrogen-bond donors (Lipinski definition) is 1. The van der Waals surface area contributed by atoms with Gasteiger partial charge in [0, 0.05) is 6.26 Å². The van der Waals surface area contributed by atoms with Crippen molar-refractivity contribution in [1.82, 2.24) is 5.32 Å². The summed E-state index contributed by atoms with van der Waals surface area (Å²) >= 11 is 0. The topological polar surface area (TPSA) is 72.5 Å². The molecule has 27 heavy (non-hydrogen) atoms. The molecule has 0 aliphatic heterocycles. The minimum Gasteiger partial charge on any atom is -0.481 e. The van der Waals surface area contributed by atoms with Crippen molar-refractivity contribution < 1.29 is 17.9 Å². The van der Waals surface area contributed by atoms with Crippen molar-refractivity contribution in [3.8, 4) is 5.75 Å². The average Bonchev–Trinajstić information content (AvgIpc) is 2.62. The van der Waals surface area contributed by atoms with E-state index < -0.39 is 15.9 Å². The van der Waals surface area contributed by atoms with Crippen LogP contribution in [0.15, 0.2) is 47.4 Å². The van der Waals surface area contributed by atoms with Gasteiger partial charge in [0.15, 0.2) is 15.9 Å². The van der Waals surface area contributed by atoms with Gasteiger partial charge in [0.2, 0.25) is 0 Å². The summed E-state index contributed by atoms with van der Waals surface area (Å²) in [4.78, 5) is 12.8. The van der Waals surface area contributed by atoms with Gasteiger partial charge < -0.3 is 10.1 Å². The van der Waals surface area contributed by atoms with Crippen molar-refractivity contribution >= 4 is 15.7 Å². The third kappa shape index (κ3) is 5.57. The highest BCUT2D eigenvalue weighted by atomic mass is 32.2. The van der Waals surface area contributed by atoms with Crippen LogP contribution in [0.1, 0.15) is 43.0 Å². The molecule has 2 rings (SSSR count). The molecule has 0 heterocycles. The molecular weight excluding hydrogens is 362 g/mol. The van der Waals surface area contributed by atoms with E-state index in [1.54, 1.807) is 31.2 Å². The van der Waals surface area contributed by atoms with Crippen LogP contribution < -0.4 is 10.1 Å². The average molecular weight is 390 g/mol. The summed E-state index contributed by atoms with van der Waals surface area (Å²) in [6, 6.07) is 12.1. The molecule has 2 aromatic rings. The van der Waals surface area contributed by atoms with Gasteiger partial charge in [-0.2, -0.15) is 0 Å². The first-order chi connectivity index (χ1) is 12.6. The Morgan fingerprint density at radius 1 is 1.07 bits per heavy atom. The molecule has 0 radical (unpaired) electrons. The van der Waals surface area contributed by atoms with Crippen molar-refractivity contribution in [2.24, 2.45) is 0 Å². The lowest BCUT2D eigenvalue weighted by molar-refractivity contribution is -0.128. The first-order valence-corrected chi connectivity index (χ1v) is 10.8. The number of rotatable bonds is 7. The lowest BCUT2D eigenvalue weighted by Gasteiger charge is -2.21. The molecular formula is C21H27NO4S. The van der Waals surface area contributed by atoms with Crippen LogP contribution >= 0.6 is 0 Å². The lowest BCUT2D eigenvalue weighted by Crippen LogP contribution is -2.38. The van der Waals surface area contributed by atoms with Gasteiger partial charge in [-0.05, 0) is 68.1 Å². The van der Waals surface area contributed by atoms with Crippen molar-refractivity contribution in [3.63, 3.8) is 0 Å². The Hall–Kier alpha value is -2.34. The number of hydrogen-bond acceptors (Lipinski definition) is 4. The van der Waals surface area contributed by atoms with Gasteiger partial charge in [-0.25, -0.2) is 8.42 Å². The first-order valence-electron chi connectivity index (χ1n) is 8.96. The molecule has 2 atom stereocenters. The molecule has 0 bridgehead atoms. The van der Waals surface area contributed by atoms with Gasteiger partial charge in [0.1, 0.15) is 5.75 Å². The van der Waals surface area contributed by atoms with E-state index in [9.17, 15) is 13.2 Å². The monoisotopic (exact) mass is 389 g/mol. The molecule has 6 heteroatoms. The number of carbonyl (C=O) groups excluding carboxylic acids is 1. The van der Waals surface area contributed by atoms with Crippen molar-refractivity contribution in [2.45, 2.75) is 51.2 Å². The zero-order valence-corrected chi connectivity index (χ0v) is 17.3. The molecule has 0 aromatic heterocycles. The van der Waals surface area contributed by atoms with E-state index >= 15 is 0 Å². The minimum absolute atomic E-state index is 0.211. The van der Waals surface area contributed by atoms with Crippen molar-refractivity contribution in [3.05, 3.63) is 59.2 Å². The molecule has 0 aliphatic carbocycles. The maximum atomic E-state index is 12.5. The molecule has 0 spiro atoms. The summed E-state index contributed by atoms with van der Waals surface area (Å²) in [5.41, 5.74) is 3.14. The summed E-state index contributed by atoms with van der Waals surface area (Å²) < 4.78 is 28.9. The number of aryl methyl sites for hydroxylation is 2. The first kappa shape index (κ1) is 21.0. The van der Waals surface area contributed by atoms with Gasteiger partial charge in [-0.3, -0.25) is 4.79 Å². The molecule has 1 amide bonds. The fourth-order valence-corrected chi connectivity index (χ4v) is 3.33. The smallest absolute Gasteiger partial charge is 0.261 e. The van der Waals surface area contributed by atoms with Gasteiger partial charge in [0.05, 0.1) is 10.9 Å². The standard InChI is InChI=1S/C21H27NO4S/c1-6-20(17-8-11-19(12-9-17)27(5,24)25)22-21(23)16(4)26-18-10-7-14(2)15(3)13-18/h7-13,16,20H,6H2,1-5H3,(H,22,23). The second-order valence-corrected chi connectivity index (χ2v) is 8.83. The van der Waals surface area contributed by atoms with E-state index in [1.807, 2.05) is 39.0 Å². The zero-order chi connectivity index (χ0) is 20.2. The van der Waals surface area contributed by atoms with Crippen LogP contribution in [0, 0.1) is 13.8 Å². The molecule has 0 saturated heterocycles. The third-order valence-electron chi connectivity index (χ3n) is 4.60. The molecule has 146 valence electrons. The molecule has 1 N–H and O–H groups in total. The van der Waals surface area contributed by atoms with Gasteiger partial charge >= 0.3 is 0 Å². The third-order valence-corrected chi connectivity index (χ3v) is 5.72. The fourth-order valence-electron chi connectivity index (χ4n) is 2.70. The van der Waals surface area contributed by atoms with Crippen LogP contribution in [0.3, 0.4) is 0 Å².